The number of rotatable bonds is 5. The van der Waals surface area contributed by atoms with E-state index in [1.54, 1.807) is 0 Å². The van der Waals surface area contributed by atoms with Crippen molar-refractivity contribution in [3.63, 3.8) is 0 Å². The lowest BCUT2D eigenvalue weighted by atomic mass is 9.89. The number of esters is 1. The minimum Gasteiger partial charge on any atom is -0.459 e. The molecule has 98 valence electrons. The lowest BCUT2D eigenvalue weighted by Gasteiger charge is -2.26. The summed E-state index contributed by atoms with van der Waals surface area (Å²) in [4.78, 5) is 11.8. The van der Waals surface area contributed by atoms with Gasteiger partial charge in [0.05, 0.1) is 0 Å². The summed E-state index contributed by atoms with van der Waals surface area (Å²) in [5.41, 5.74) is 0.775. The Morgan fingerprint density at radius 1 is 1.29 bits per heavy atom. The zero-order valence-electron chi connectivity index (χ0n) is 11.5. The first-order valence-electron chi connectivity index (χ1n) is 7.01. The Balaban J connectivity index is 2.30. The molecule has 2 nitrogen and oxygen atoms in total. The Labute approximate surface area is 105 Å². The fourth-order valence-electron chi connectivity index (χ4n) is 2.20. The number of carbonyl (C=O) groups is 1. The highest BCUT2D eigenvalue weighted by Gasteiger charge is 2.21. The first-order valence-corrected chi connectivity index (χ1v) is 7.01. The standard InChI is InChI=1S/C15H26O2/c1-4-5-6-7-13(3)15(16)17-14-10-8-12(2)9-11-14/h7,12,14H,4-6,8-11H2,1-3H3. The maximum atomic E-state index is 11.8. The highest BCUT2D eigenvalue weighted by molar-refractivity contribution is 5.87. The van der Waals surface area contributed by atoms with Gasteiger partial charge in [-0.25, -0.2) is 4.79 Å². The molecule has 2 heteroatoms. The lowest BCUT2D eigenvalue weighted by molar-refractivity contribution is -0.146. The van der Waals surface area contributed by atoms with Gasteiger partial charge >= 0.3 is 5.97 Å². The minimum absolute atomic E-state index is 0.111. The molecule has 0 aromatic heterocycles. The average molecular weight is 238 g/mol. The Kier molecular flexibility index (Phi) is 6.31. The summed E-state index contributed by atoms with van der Waals surface area (Å²) in [5, 5.41) is 0. The van der Waals surface area contributed by atoms with Crippen molar-refractivity contribution >= 4 is 5.97 Å². The van der Waals surface area contributed by atoms with Gasteiger partial charge in [-0.3, -0.25) is 0 Å². The van der Waals surface area contributed by atoms with Crippen LogP contribution in [0.25, 0.3) is 0 Å². The van der Waals surface area contributed by atoms with E-state index >= 15 is 0 Å². The largest absolute Gasteiger partial charge is 0.459 e. The number of hydrogen-bond donors (Lipinski definition) is 0. The van der Waals surface area contributed by atoms with E-state index in [4.69, 9.17) is 4.74 Å². The summed E-state index contributed by atoms with van der Waals surface area (Å²) in [6, 6.07) is 0. The maximum Gasteiger partial charge on any atom is 0.333 e. The van der Waals surface area contributed by atoms with E-state index in [2.05, 4.69) is 13.8 Å². The molecule has 0 N–H and O–H groups in total. The number of ether oxygens (including phenoxy) is 1. The van der Waals surface area contributed by atoms with Gasteiger partial charge in [0, 0.05) is 5.57 Å². The van der Waals surface area contributed by atoms with Crippen LogP contribution in [-0.4, -0.2) is 12.1 Å². The van der Waals surface area contributed by atoms with Crippen molar-refractivity contribution in [2.24, 2.45) is 5.92 Å². The third-order valence-corrected chi connectivity index (χ3v) is 3.57. The SMILES string of the molecule is CCCCC=C(C)C(=O)OC1CCC(C)CC1. The zero-order chi connectivity index (χ0) is 12.7. The zero-order valence-corrected chi connectivity index (χ0v) is 11.5. The molecule has 1 saturated carbocycles. The maximum absolute atomic E-state index is 11.8. The van der Waals surface area contributed by atoms with Crippen molar-refractivity contribution in [1.82, 2.24) is 0 Å². The monoisotopic (exact) mass is 238 g/mol. The van der Waals surface area contributed by atoms with E-state index in [1.807, 2.05) is 13.0 Å². The quantitative estimate of drug-likeness (QED) is 0.407. The van der Waals surface area contributed by atoms with Crippen LogP contribution >= 0.6 is 0 Å². The highest BCUT2D eigenvalue weighted by Crippen LogP contribution is 2.26. The van der Waals surface area contributed by atoms with Gasteiger partial charge in [-0.05, 0) is 44.9 Å². The fraction of sp³-hybridized carbons (Fsp3) is 0.800. The Hall–Kier alpha value is -0.790. The number of allylic oxidation sites excluding steroid dienone is 1. The first-order chi connectivity index (χ1) is 8.13. The molecule has 1 aliphatic rings. The molecule has 0 heterocycles. The van der Waals surface area contributed by atoms with Crippen LogP contribution in [0.15, 0.2) is 11.6 Å². The van der Waals surface area contributed by atoms with Crippen molar-refractivity contribution in [2.45, 2.75) is 71.8 Å². The van der Waals surface area contributed by atoms with Crippen molar-refractivity contribution < 1.29 is 9.53 Å². The van der Waals surface area contributed by atoms with Crippen LogP contribution in [0.4, 0.5) is 0 Å². The molecule has 17 heavy (non-hydrogen) atoms. The average Bonchev–Trinajstić information content (AvgIpc) is 2.32. The Bertz CT molecular complexity index is 260. The number of unbranched alkanes of at least 4 members (excludes halogenated alkanes) is 2. The van der Waals surface area contributed by atoms with E-state index in [0.717, 1.165) is 37.2 Å². The van der Waals surface area contributed by atoms with E-state index in [-0.39, 0.29) is 12.1 Å². The molecule has 0 saturated heterocycles. The fourth-order valence-corrected chi connectivity index (χ4v) is 2.20. The van der Waals surface area contributed by atoms with E-state index in [0.29, 0.717) is 0 Å². The molecule has 1 aliphatic carbocycles. The molecule has 0 amide bonds. The van der Waals surface area contributed by atoms with Crippen LogP contribution < -0.4 is 0 Å². The van der Waals surface area contributed by atoms with Gasteiger partial charge in [0.15, 0.2) is 0 Å². The van der Waals surface area contributed by atoms with Crippen LogP contribution in [0.5, 0.6) is 0 Å². The van der Waals surface area contributed by atoms with Crippen molar-refractivity contribution in [1.29, 1.82) is 0 Å². The van der Waals surface area contributed by atoms with Gasteiger partial charge in [0.2, 0.25) is 0 Å². The Morgan fingerprint density at radius 2 is 1.94 bits per heavy atom. The summed E-state index contributed by atoms with van der Waals surface area (Å²) in [6.45, 7) is 6.29. The third kappa shape index (κ3) is 5.38. The summed E-state index contributed by atoms with van der Waals surface area (Å²) in [6.07, 6.45) is 9.92. The minimum atomic E-state index is -0.111. The van der Waals surface area contributed by atoms with Gasteiger partial charge in [-0.1, -0.05) is 32.8 Å². The van der Waals surface area contributed by atoms with Gasteiger partial charge in [0.1, 0.15) is 6.10 Å². The smallest absolute Gasteiger partial charge is 0.333 e. The topological polar surface area (TPSA) is 26.3 Å². The van der Waals surface area contributed by atoms with Crippen LogP contribution in [0.2, 0.25) is 0 Å². The number of hydrogen-bond acceptors (Lipinski definition) is 2. The second-order valence-electron chi connectivity index (χ2n) is 5.32. The summed E-state index contributed by atoms with van der Waals surface area (Å²) >= 11 is 0. The predicted molar refractivity (Wildman–Crippen MR) is 70.8 cm³/mol. The van der Waals surface area contributed by atoms with E-state index < -0.39 is 0 Å². The summed E-state index contributed by atoms with van der Waals surface area (Å²) in [7, 11) is 0. The van der Waals surface area contributed by atoms with E-state index in [1.165, 1.54) is 19.3 Å². The lowest BCUT2D eigenvalue weighted by Crippen LogP contribution is -2.23. The molecular formula is C15H26O2. The van der Waals surface area contributed by atoms with Gasteiger partial charge in [-0.2, -0.15) is 0 Å². The van der Waals surface area contributed by atoms with Gasteiger partial charge in [-0.15, -0.1) is 0 Å². The highest BCUT2D eigenvalue weighted by atomic mass is 16.5. The molecule has 1 rings (SSSR count). The molecular weight excluding hydrogens is 212 g/mol. The number of carbonyl (C=O) groups excluding carboxylic acids is 1. The molecule has 0 bridgehead atoms. The van der Waals surface area contributed by atoms with Crippen molar-refractivity contribution in [3.8, 4) is 0 Å². The van der Waals surface area contributed by atoms with Crippen molar-refractivity contribution in [2.75, 3.05) is 0 Å². The molecule has 0 radical (unpaired) electrons. The first kappa shape index (κ1) is 14.3. The van der Waals surface area contributed by atoms with Crippen LogP contribution in [0.1, 0.15) is 65.7 Å². The van der Waals surface area contributed by atoms with Crippen LogP contribution in [-0.2, 0) is 9.53 Å². The molecule has 0 aliphatic heterocycles. The molecule has 0 atom stereocenters. The summed E-state index contributed by atoms with van der Waals surface area (Å²) < 4.78 is 5.52. The van der Waals surface area contributed by atoms with Crippen molar-refractivity contribution in [3.05, 3.63) is 11.6 Å². The molecule has 0 aromatic rings. The second-order valence-corrected chi connectivity index (χ2v) is 5.32. The molecule has 1 fully saturated rings. The van der Waals surface area contributed by atoms with Crippen LogP contribution in [0, 0.1) is 5.92 Å². The molecule has 0 spiro atoms. The summed E-state index contributed by atoms with van der Waals surface area (Å²) in [5.74, 6) is 0.687. The second kappa shape index (κ2) is 7.52. The van der Waals surface area contributed by atoms with Gasteiger partial charge in [0.25, 0.3) is 0 Å². The van der Waals surface area contributed by atoms with E-state index in [9.17, 15) is 4.79 Å². The van der Waals surface area contributed by atoms with Gasteiger partial charge < -0.3 is 4.74 Å². The third-order valence-electron chi connectivity index (χ3n) is 3.57. The van der Waals surface area contributed by atoms with Crippen LogP contribution in [0.3, 0.4) is 0 Å². The predicted octanol–water partition coefficient (Wildman–Crippen LogP) is 4.24. The Morgan fingerprint density at radius 3 is 2.53 bits per heavy atom. The molecule has 0 aromatic carbocycles. The normalized spacial score (nSPS) is 25.7. The molecule has 0 unspecified atom stereocenters.